The Bertz CT molecular complexity index is 278. The topological polar surface area (TPSA) is 12.0 Å². The van der Waals surface area contributed by atoms with E-state index in [0.29, 0.717) is 6.04 Å². The van der Waals surface area contributed by atoms with Gasteiger partial charge in [0.2, 0.25) is 0 Å². The van der Waals surface area contributed by atoms with Crippen LogP contribution in [0.2, 0.25) is 0 Å². The summed E-state index contributed by atoms with van der Waals surface area (Å²) in [6, 6.07) is 7.08. The van der Waals surface area contributed by atoms with Gasteiger partial charge in [0.25, 0.3) is 0 Å². The minimum atomic E-state index is 0.557. The number of benzene rings is 1. The second-order valence-electron chi connectivity index (χ2n) is 3.77. The fraction of sp³-hybridized carbons (Fsp3) is 0.500. The largest absolute Gasteiger partial charge is 0.382 e. The van der Waals surface area contributed by atoms with E-state index < -0.39 is 0 Å². The van der Waals surface area contributed by atoms with E-state index >= 15 is 0 Å². The van der Waals surface area contributed by atoms with Crippen molar-refractivity contribution in [2.45, 2.75) is 40.2 Å². The van der Waals surface area contributed by atoms with E-state index in [1.54, 1.807) is 0 Å². The van der Waals surface area contributed by atoms with Crippen molar-refractivity contribution < 1.29 is 0 Å². The Labute approximate surface area is 81.2 Å². The lowest BCUT2D eigenvalue weighted by Crippen LogP contribution is -2.14. The Hall–Kier alpha value is -0.980. The number of hydrogen-bond acceptors (Lipinski definition) is 1. The van der Waals surface area contributed by atoms with Crippen LogP contribution in [0, 0.1) is 13.8 Å². The van der Waals surface area contributed by atoms with Crippen LogP contribution in [-0.4, -0.2) is 6.04 Å². The lowest BCUT2D eigenvalue weighted by atomic mass is 10.1. The van der Waals surface area contributed by atoms with E-state index in [1.165, 1.54) is 16.8 Å². The normalized spacial score (nSPS) is 12.6. The average molecular weight is 177 g/mol. The van der Waals surface area contributed by atoms with Crippen LogP contribution in [0.15, 0.2) is 18.2 Å². The molecular formula is C12H19N. The predicted octanol–water partition coefficient (Wildman–Crippen LogP) is 3.51. The van der Waals surface area contributed by atoms with E-state index in [2.05, 4.69) is 51.2 Å². The fourth-order valence-corrected chi connectivity index (χ4v) is 1.34. The van der Waals surface area contributed by atoms with E-state index in [4.69, 9.17) is 0 Å². The van der Waals surface area contributed by atoms with Crippen LogP contribution in [-0.2, 0) is 0 Å². The Morgan fingerprint density at radius 2 is 2.00 bits per heavy atom. The minimum Gasteiger partial charge on any atom is -0.382 e. The molecule has 0 amide bonds. The summed E-state index contributed by atoms with van der Waals surface area (Å²) in [6.45, 7) is 8.68. The summed E-state index contributed by atoms with van der Waals surface area (Å²) in [7, 11) is 0. The molecule has 1 N–H and O–H groups in total. The molecule has 0 spiro atoms. The maximum absolute atomic E-state index is 3.49. The van der Waals surface area contributed by atoms with Gasteiger partial charge in [-0.3, -0.25) is 0 Å². The fourth-order valence-electron chi connectivity index (χ4n) is 1.34. The summed E-state index contributed by atoms with van der Waals surface area (Å²) in [5, 5.41) is 3.49. The van der Waals surface area contributed by atoms with Crippen LogP contribution in [0.5, 0.6) is 0 Å². The highest BCUT2D eigenvalue weighted by molar-refractivity contribution is 5.52. The summed E-state index contributed by atoms with van der Waals surface area (Å²) in [6.07, 6.45) is 1.16. The van der Waals surface area contributed by atoms with Gasteiger partial charge in [-0.15, -0.1) is 0 Å². The molecule has 1 heteroatoms. The van der Waals surface area contributed by atoms with Crippen molar-refractivity contribution in [2.75, 3.05) is 5.32 Å². The van der Waals surface area contributed by atoms with Crippen LogP contribution >= 0.6 is 0 Å². The van der Waals surface area contributed by atoms with E-state index in [9.17, 15) is 0 Å². The molecule has 1 aromatic carbocycles. The molecule has 1 unspecified atom stereocenters. The van der Waals surface area contributed by atoms with Crippen molar-refractivity contribution in [3.05, 3.63) is 29.3 Å². The van der Waals surface area contributed by atoms with Gasteiger partial charge < -0.3 is 5.32 Å². The van der Waals surface area contributed by atoms with Crippen molar-refractivity contribution in [2.24, 2.45) is 0 Å². The van der Waals surface area contributed by atoms with Gasteiger partial charge in [0.1, 0.15) is 0 Å². The average Bonchev–Trinajstić information content (AvgIpc) is 2.09. The molecule has 0 aromatic heterocycles. The third-order valence-electron chi connectivity index (χ3n) is 2.40. The molecule has 0 radical (unpaired) electrons. The first-order chi connectivity index (χ1) is 6.13. The molecule has 1 nitrogen and oxygen atoms in total. The van der Waals surface area contributed by atoms with Crippen LogP contribution in [0.4, 0.5) is 5.69 Å². The summed E-state index contributed by atoms with van der Waals surface area (Å²) in [5.74, 6) is 0. The van der Waals surface area contributed by atoms with E-state index in [0.717, 1.165) is 6.42 Å². The first-order valence-electron chi connectivity index (χ1n) is 4.97. The van der Waals surface area contributed by atoms with Crippen LogP contribution in [0.3, 0.4) is 0 Å². The number of hydrogen-bond donors (Lipinski definition) is 1. The molecule has 1 aromatic rings. The van der Waals surface area contributed by atoms with Crippen molar-refractivity contribution >= 4 is 5.69 Å². The Balaban J connectivity index is 2.77. The molecule has 0 fully saturated rings. The van der Waals surface area contributed by atoms with Crippen LogP contribution < -0.4 is 5.32 Å². The molecule has 0 heterocycles. The second-order valence-corrected chi connectivity index (χ2v) is 3.77. The highest BCUT2D eigenvalue weighted by Crippen LogP contribution is 2.17. The second kappa shape index (κ2) is 4.31. The number of aryl methyl sites for hydroxylation is 2. The third kappa shape index (κ3) is 2.76. The van der Waals surface area contributed by atoms with E-state index in [-0.39, 0.29) is 0 Å². The zero-order valence-electron chi connectivity index (χ0n) is 9.02. The lowest BCUT2D eigenvalue weighted by Gasteiger charge is -2.15. The van der Waals surface area contributed by atoms with Crippen LogP contribution in [0.1, 0.15) is 31.4 Å². The van der Waals surface area contributed by atoms with Crippen LogP contribution in [0.25, 0.3) is 0 Å². The third-order valence-corrected chi connectivity index (χ3v) is 2.40. The highest BCUT2D eigenvalue weighted by Gasteiger charge is 2.01. The standard InChI is InChI=1S/C12H19N/c1-5-11(4)13-12-7-6-9(2)8-10(12)3/h6-8,11,13H,5H2,1-4H3. The van der Waals surface area contributed by atoms with Gasteiger partial charge in [-0.1, -0.05) is 24.6 Å². The molecule has 0 saturated heterocycles. The summed E-state index contributed by atoms with van der Waals surface area (Å²) >= 11 is 0. The first-order valence-corrected chi connectivity index (χ1v) is 4.97. The van der Waals surface area contributed by atoms with Crippen molar-refractivity contribution in [3.63, 3.8) is 0 Å². The Kier molecular flexibility index (Phi) is 3.35. The number of rotatable bonds is 3. The summed E-state index contributed by atoms with van der Waals surface area (Å²) in [5.41, 5.74) is 3.92. The first kappa shape index (κ1) is 10.1. The smallest absolute Gasteiger partial charge is 0.0372 e. The van der Waals surface area contributed by atoms with Gasteiger partial charge in [-0.2, -0.15) is 0 Å². The zero-order valence-corrected chi connectivity index (χ0v) is 9.02. The minimum absolute atomic E-state index is 0.557. The number of anilines is 1. The van der Waals surface area contributed by atoms with Gasteiger partial charge in [0, 0.05) is 11.7 Å². The molecule has 72 valence electrons. The number of nitrogens with one attached hydrogen (secondary N) is 1. The zero-order chi connectivity index (χ0) is 9.84. The Morgan fingerprint density at radius 1 is 1.31 bits per heavy atom. The molecule has 0 bridgehead atoms. The molecule has 1 atom stereocenters. The van der Waals surface area contributed by atoms with Crippen molar-refractivity contribution in [1.29, 1.82) is 0 Å². The summed E-state index contributed by atoms with van der Waals surface area (Å²) in [4.78, 5) is 0. The van der Waals surface area contributed by atoms with Gasteiger partial charge in [0.05, 0.1) is 0 Å². The molecule has 13 heavy (non-hydrogen) atoms. The molecule has 1 rings (SSSR count). The predicted molar refractivity (Wildman–Crippen MR) is 59.3 cm³/mol. The highest BCUT2D eigenvalue weighted by atomic mass is 14.9. The van der Waals surface area contributed by atoms with Gasteiger partial charge in [-0.05, 0) is 38.8 Å². The molecule has 0 saturated carbocycles. The molecule has 0 aliphatic heterocycles. The summed E-state index contributed by atoms with van der Waals surface area (Å²) < 4.78 is 0. The maximum Gasteiger partial charge on any atom is 0.0372 e. The Morgan fingerprint density at radius 3 is 2.54 bits per heavy atom. The monoisotopic (exact) mass is 177 g/mol. The van der Waals surface area contributed by atoms with Crippen molar-refractivity contribution in [1.82, 2.24) is 0 Å². The molecular weight excluding hydrogens is 158 g/mol. The molecule has 0 aliphatic rings. The SMILES string of the molecule is CCC(C)Nc1ccc(C)cc1C. The van der Waals surface area contributed by atoms with Crippen molar-refractivity contribution in [3.8, 4) is 0 Å². The quantitative estimate of drug-likeness (QED) is 0.745. The van der Waals surface area contributed by atoms with Gasteiger partial charge in [0.15, 0.2) is 0 Å². The maximum atomic E-state index is 3.49. The van der Waals surface area contributed by atoms with Gasteiger partial charge >= 0.3 is 0 Å². The molecule has 0 aliphatic carbocycles. The van der Waals surface area contributed by atoms with Gasteiger partial charge in [-0.25, -0.2) is 0 Å². The van der Waals surface area contributed by atoms with E-state index in [1.807, 2.05) is 0 Å². The lowest BCUT2D eigenvalue weighted by molar-refractivity contribution is 0.763.